The van der Waals surface area contributed by atoms with Crippen molar-refractivity contribution in [1.29, 1.82) is 0 Å². The predicted octanol–water partition coefficient (Wildman–Crippen LogP) is 3.12. The van der Waals surface area contributed by atoms with Crippen LogP contribution in [-0.2, 0) is 0 Å². The van der Waals surface area contributed by atoms with Gasteiger partial charge in [0.2, 0.25) is 0 Å². The SMILES string of the molecule is Cc1ccnc(Sc2ccc(I)cc2N)n1. The van der Waals surface area contributed by atoms with E-state index in [0.29, 0.717) is 0 Å². The predicted molar refractivity (Wildman–Crippen MR) is 74.5 cm³/mol. The van der Waals surface area contributed by atoms with Gasteiger partial charge in [0.05, 0.1) is 0 Å². The van der Waals surface area contributed by atoms with E-state index in [9.17, 15) is 0 Å². The summed E-state index contributed by atoms with van der Waals surface area (Å²) in [7, 11) is 0. The molecule has 1 aromatic carbocycles. The number of nitrogen functional groups attached to an aromatic ring is 1. The topological polar surface area (TPSA) is 51.8 Å². The summed E-state index contributed by atoms with van der Waals surface area (Å²) in [5, 5.41) is 0.730. The van der Waals surface area contributed by atoms with E-state index in [-0.39, 0.29) is 0 Å². The average Bonchev–Trinajstić information content (AvgIpc) is 2.22. The molecule has 2 aromatic rings. The van der Waals surface area contributed by atoms with Crippen molar-refractivity contribution >= 4 is 40.0 Å². The molecule has 82 valence electrons. The van der Waals surface area contributed by atoms with Crippen molar-refractivity contribution in [1.82, 2.24) is 9.97 Å². The molecular formula is C11H10IN3S. The van der Waals surface area contributed by atoms with Gasteiger partial charge in [-0.05, 0) is 65.5 Å². The molecule has 0 amide bonds. The minimum atomic E-state index is 0.730. The number of hydrogen-bond acceptors (Lipinski definition) is 4. The Labute approximate surface area is 112 Å². The zero-order valence-electron chi connectivity index (χ0n) is 8.64. The number of rotatable bonds is 2. The van der Waals surface area contributed by atoms with E-state index >= 15 is 0 Å². The molecule has 1 aromatic heterocycles. The Balaban J connectivity index is 2.27. The minimum absolute atomic E-state index is 0.730. The van der Waals surface area contributed by atoms with E-state index in [1.807, 2.05) is 31.2 Å². The zero-order chi connectivity index (χ0) is 11.5. The third-order valence-electron chi connectivity index (χ3n) is 1.95. The van der Waals surface area contributed by atoms with E-state index in [4.69, 9.17) is 5.73 Å². The van der Waals surface area contributed by atoms with Gasteiger partial charge in [0.1, 0.15) is 0 Å². The number of nitrogens with zero attached hydrogens (tertiary/aromatic N) is 2. The van der Waals surface area contributed by atoms with Crippen LogP contribution >= 0.6 is 34.4 Å². The van der Waals surface area contributed by atoms with Crippen LogP contribution in [0.25, 0.3) is 0 Å². The molecule has 0 aliphatic carbocycles. The standard InChI is InChI=1S/C11H10IN3S/c1-7-4-5-14-11(15-7)16-10-3-2-8(12)6-9(10)13/h2-6H,13H2,1H3. The molecule has 0 saturated carbocycles. The highest BCUT2D eigenvalue weighted by Crippen LogP contribution is 2.30. The summed E-state index contributed by atoms with van der Waals surface area (Å²) < 4.78 is 1.13. The molecule has 0 unspecified atom stereocenters. The number of aromatic nitrogens is 2. The summed E-state index contributed by atoms with van der Waals surface area (Å²) in [6.07, 6.45) is 1.76. The van der Waals surface area contributed by atoms with Crippen LogP contribution in [0.2, 0.25) is 0 Å². The molecule has 0 atom stereocenters. The largest absolute Gasteiger partial charge is 0.398 e. The van der Waals surface area contributed by atoms with Gasteiger partial charge in [0.15, 0.2) is 5.16 Å². The van der Waals surface area contributed by atoms with E-state index in [2.05, 4.69) is 32.6 Å². The lowest BCUT2D eigenvalue weighted by molar-refractivity contribution is 0.932. The van der Waals surface area contributed by atoms with Crippen LogP contribution in [0.5, 0.6) is 0 Å². The third kappa shape index (κ3) is 2.85. The van der Waals surface area contributed by atoms with Crippen LogP contribution in [0.4, 0.5) is 5.69 Å². The summed E-state index contributed by atoms with van der Waals surface area (Å²) in [5.74, 6) is 0. The Morgan fingerprint density at radius 2 is 2.12 bits per heavy atom. The lowest BCUT2D eigenvalue weighted by Crippen LogP contribution is -1.92. The molecule has 16 heavy (non-hydrogen) atoms. The first kappa shape index (κ1) is 11.7. The fourth-order valence-corrected chi connectivity index (χ4v) is 2.51. The minimum Gasteiger partial charge on any atom is -0.398 e. The quantitative estimate of drug-likeness (QED) is 0.517. The molecule has 2 N–H and O–H groups in total. The van der Waals surface area contributed by atoms with Crippen molar-refractivity contribution in [3.05, 3.63) is 39.7 Å². The van der Waals surface area contributed by atoms with Gasteiger partial charge in [-0.25, -0.2) is 9.97 Å². The molecule has 0 aliphatic rings. The Morgan fingerprint density at radius 1 is 1.31 bits per heavy atom. The smallest absolute Gasteiger partial charge is 0.192 e. The molecule has 0 spiro atoms. The van der Waals surface area contributed by atoms with Crippen molar-refractivity contribution in [2.24, 2.45) is 0 Å². The Hall–Kier alpha value is -0.820. The molecular weight excluding hydrogens is 333 g/mol. The van der Waals surface area contributed by atoms with Gasteiger partial charge in [-0.1, -0.05) is 0 Å². The number of anilines is 1. The molecule has 3 nitrogen and oxygen atoms in total. The molecule has 1 heterocycles. The summed E-state index contributed by atoms with van der Waals surface area (Å²) >= 11 is 3.72. The summed E-state index contributed by atoms with van der Waals surface area (Å²) in [6, 6.07) is 7.84. The number of nitrogens with two attached hydrogens (primary N) is 1. The highest BCUT2D eigenvalue weighted by Gasteiger charge is 2.04. The van der Waals surface area contributed by atoms with Crippen molar-refractivity contribution in [3.8, 4) is 0 Å². The lowest BCUT2D eigenvalue weighted by atomic mass is 10.3. The number of hydrogen-bond donors (Lipinski definition) is 1. The second-order valence-electron chi connectivity index (χ2n) is 3.26. The number of halogens is 1. The Bertz CT molecular complexity index is 516. The third-order valence-corrected chi connectivity index (χ3v) is 3.59. The lowest BCUT2D eigenvalue weighted by Gasteiger charge is -2.04. The normalized spacial score (nSPS) is 10.4. The Morgan fingerprint density at radius 3 is 2.81 bits per heavy atom. The first-order valence-corrected chi connectivity index (χ1v) is 6.57. The van der Waals surface area contributed by atoms with Gasteiger partial charge in [0.25, 0.3) is 0 Å². The van der Waals surface area contributed by atoms with Crippen molar-refractivity contribution < 1.29 is 0 Å². The van der Waals surface area contributed by atoms with Gasteiger partial charge >= 0.3 is 0 Å². The molecule has 2 rings (SSSR count). The Kier molecular flexibility index (Phi) is 3.65. The molecule has 0 radical (unpaired) electrons. The first-order chi connectivity index (χ1) is 7.65. The molecule has 0 bridgehead atoms. The fourth-order valence-electron chi connectivity index (χ4n) is 1.19. The molecule has 0 aliphatic heterocycles. The van der Waals surface area contributed by atoms with Crippen molar-refractivity contribution in [3.63, 3.8) is 0 Å². The first-order valence-electron chi connectivity index (χ1n) is 4.67. The fraction of sp³-hybridized carbons (Fsp3) is 0.0909. The van der Waals surface area contributed by atoms with Crippen molar-refractivity contribution in [2.45, 2.75) is 17.0 Å². The maximum atomic E-state index is 5.93. The van der Waals surface area contributed by atoms with Gasteiger partial charge in [-0.15, -0.1) is 0 Å². The zero-order valence-corrected chi connectivity index (χ0v) is 11.6. The van der Waals surface area contributed by atoms with Gasteiger partial charge < -0.3 is 5.73 Å². The summed E-state index contributed by atoms with van der Waals surface area (Å²) in [4.78, 5) is 9.51. The second-order valence-corrected chi connectivity index (χ2v) is 5.52. The second kappa shape index (κ2) is 5.01. The van der Waals surface area contributed by atoms with Crippen LogP contribution in [-0.4, -0.2) is 9.97 Å². The van der Waals surface area contributed by atoms with Crippen LogP contribution < -0.4 is 5.73 Å². The highest BCUT2D eigenvalue weighted by molar-refractivity contribution is 14.1. The molecule has 0 saturated heterocycles. The van der Waals surface area contributed by atoms with Gasteiger partial charge in [-0.3, -0.25) is 0 Å². The van der Waals surface area contributed by atoms with E-state index in [0.717, 1.165) is 25.0 Å². The van der Waals surface area contributed by atoms with E-state index in [1.165, 1.54) is 11.8 Å². The molecule has 5 heteroatoms. The summed E-state index contributed by atoms with van der Waals surface area (Å²) in [6.45, 7) is 1.95. The molecule has 0 fully saturated rings. The van der Waals surface area contributed by atoms with Crippen LogP contribution in [0.1, 0.15) is 5.69 Å². The van der Waals surface area contributed by atoms with Crippen molar-refractivity contribution in [2.75, 3.05) is 5.73 Å². The maximum absolute atomic E-state index is 5.93. The summed E-state index contributed by atoms with van der Waals surface area (Å²) in [5.41, 5.74) is 7.65. The van der Waals surface area contributed by atoms with E-state index < -0.39 is 0 Å². The van der Waals surface area contributed by atoms with E-state index in [1.54, 1.807) is 6.20 Å². The van der Waals surface area contributed by atoms with Gasteiger partial charge in [0, 0.05) is 26.0 Å². The van der Waals surface area contributed by atoms with Gasteiger partial charge in [-0.2, -0.15) is 0 Å². The van der Waals surface area contributed by atoms with Crippen LogP contribution in [0, 0.1) is 10.5 Å². The van der Waals surface area contributed by atoms with Crippen LogP contribution in [0.3, 0.4) is 0 Å². The highest BCUT2D eigenvalue weighted by atomic mass is 127. The average molecular weight is 343 g/mol. The maximum Gasteiger partial charge on any atom is 0.192 e. The number of aryl methyl sites for hydroxylation is 1. The monoisotopic (exact) mass is 343 g/mol. The number of benzene rings is 1. The van der Waals surface area contributed by atoms with Crippen LogP contribution in [0.15, 0.2) is 40.5 Å².